The van der Waals surface area contributed by atoms with Crippen molar-refractivity contribution < 1.29 is 14.3 Å². The zero-order chi connectivity index (χ0) is 21.4. The molecule has 0 fully saturated rings. The summed E-state index contributed by atoms with van der Waals surface area (Å²) in [6.45, 7) is 6.11. The van der Waals surface area contributed by atoms with E-state index in [4.69, 9.17) is 4.74 Å². The van der Waals surface area contributed by atoms with E-state index in [-0.39, 0.29) is 40.5 Å². The largest absolute Gasteiger partial charge is 0.444 e. The number of aromatic amines is 2. The number of likely N-dealkylation sites (N-methyl/N-ethyl adjacent to an activating group) is 1. The lowest BCUT2D eigenvalue weighted by Gasteiger charge is -2.41. The number of hydrogen-bond donors (Lipinski definition) is 2. The molecule has 1 aromatic carbocycles. The first-order valence-electron chi connectivity index (χ1n) is 9.94. The van der Waals surface area contributed by atoms with Crippen LogP contribution in [0.25, 0.3) is 0 Å². The summed E-state index contributed by atoms with van der Waals surface area (Å²) >= 11 is 0. The van der Waals surface area contributed by atoms with Crippen LogP contribution in [-0.2, 0) is 15.0 Å². The van der Waals surface area contributed by atoms with Crippen LogP contribution in [0.5, 0.6) is 5.88 Å². The van der Waals surface area contributed by atoms with Gasteiger partial charge in [-0.05, 0) is 18.4 Å². The fourth-order valence-electron chi connectivity index (χ4n) is 5.15. The van der Waals surface area contributed by atoms with Gasteiger partial charge in [-0.2, -0.15) is 0 Å². The van der Waals surface area contributed by atoms with Gasteiger partial charge < -0.3 is 9.64 Å². The lowest BCUT2D eigenvalue weighted by Crippen LogP contribution is -2.52. The van der Waals surface area contributed by atoms with Crippen LogP contribution in [0.1, 0.15) is 44.7 Å². The van der Waals surface area contributed by atoms with Crippen LogP contribution < -0.4 is 20.9 Å². The summed E-state index contributed by atoms with van der Waals surface area (Å²) in [7, 11) is 0. The predicted octanol–water partition coefficient (Wildman–Crippen LogP) is 1.75. The maximum atomic E-state index is 14.0. The number of rotatable bonds is 1. The molecule has 154 valence electrons. The van der Waals surface area contributed by atoms with E-state index in [1.54, 1.807) is 23.1 Å². The lowest BCUT2D eigenvalue weighted by atomic mass is 9.62. The number of hydrogen-bond acceptors (Lipinski definition) is 5. The fraction of sp³-hybridized carbons (Fsp3) is 0.364. The monoisotopic (exact) mass is 407 g/mol. The van der Waals surface area contributed by atoms with Gasteiger partial charge in [0, 0.05) is 30.6 Å². The molecule has 3 heterocycles. The Morgan fingerprint density at radius 3 is 2.53 bits per heavy atom. The number of amides is 1. The summed E-state index contributed by atoms with van der Waals surface area (Å²) in [4.78, 5) is 58.8. The third-order valence-corrected chi connectivity index (χ3v) is 6.20. The highest BCUT2D eigenvalue weighted by molar-refractivity contribution is 6.19. The quantitative estimate of drug-likeness (QED) is 0.748. The highest BCUT2D eigenvalue weighted by Gasteiger charge is 2.62. The molecule has 8 heteroatoms. The van der Waals surface area contributed by atoms with Gasteiger partial charge in [0.2, 0.25) is 11.8 Å². The van der Waals surface area contributed by atoms with E-state index in [9.17, 15) is 19.2 Å². The highest BCUT2D eigenvalue weighted by Crippen LogP contribution is 2.57. The van der Waals surface area contributed by atoms with Gasteiger partial charge in [0.15, 0.2) is 5.78 Å². The molecule has 0 saturated carbocycles. The zero-order valence-corrected chi connectivity index (χ0v) is 16.9. The Bertz CT molecular complexity index is 1280. The summed E-state index contributed by atoms with van der Waals surface area (Å²) in [6, 6.07) is 7.16. The third kappa shape index (κ3) is 2.16. The van der Waals surface area contributed by atoms with Gasteiger partial charge in [0.1, 0.15) is 16.7 Å². The molecule has 1 aliphatic carbocycles. The number of para-hydroxylation sites is 1. The molecule has 8 nitrogen and oxygen atoms in total. The number of carbonyl (C=O) groups is 2. The smallest absolute Gasteiger partial charge is 0.328 e. The zero-order valence-electron chi connectivity index (χ0n) is 16.9. The molecular weight excluding hydrogens is 386 g/mol. The van der Waals surface area contributed by atoms with E-state index in [1.165, 1.54) is 0 Å². The van der Waals surface area contributed by atoms with Crippen molar-refractivity contribution in [1.29, 1.82) is 0 Å². The predicted molar refractivity (Wildman–Crippen MR) is 109 cm³/mol. The van der Waals surface area contributed by atoms with E-state index >= 15 is 0 Å². The van der Waals surface area contributed by atoms with Gasteiger partial charge in [-0.25, -0.2) is 4.79 Å². The Kier molecular flexibility index (Phi) is 3.60. The van der Waals surface area contributed by atoms with Crippen molar-refractivity contribution in [3.63, 3.8) is 0 Å². The fourth-order valence-corrected chi connectivity index (χ4v) is 5.15. The summed E-state index contributed by atoms with van der Waals surface area (Å²) in [6.07, 6.45) is 0.640. The number of allylic oxidation sites excluding steroid dienone is 1. The SMILES string of the molecule is CCN1C(=O)C2(C3=C(CC(C)(C)CC3=O)Oc3[nH]c(=O)[nH]c(=O)c32)c2ccccc21. The van der Waals surface area contributed by atoms with Crippen molar-refractivity contribution in [2.45, 2.75) is 39.0 Å². The van der Waals surface area contributed by atoms with Crippen LogP contribution in [0.3, 0.4) is 0 Å². The van der Waals surface area contributed by atoms with Gasteiger partial charge >= 0.3 is 5.69 Å². The Morgan fingerprint density at radius 1 is 1.07 bits per heavy atom. The van der Waals surface area contributed by atoms with Crippen molar-refractivity contribution >= 4 is 17.4 Å². The second kappa shape index (κ2) is 5.81. The number of ketones is 1. The number of carbonyl (C=O) groups excluding carboxylic acids is 2. The molecule has 2 aliphatic heterocycles. The van der Waals surface area contributed by atoms with Crippen molar-refractivity contribution in [1.82, 2.24) is 9.97 Å². The first-order chi connectivity index (χ1) is 14.2. The Balaban J connectivity index is 1.97. The van der Waals surface area contributed by atoms with Crippen LogP contribution in [-0.4, -0.2) is 28.2 Å². The minimum Gasteiger partial charge on any atom is -0.444 e. The number of nitrogens with zero attached hydrogens (tertiary/aromatic N) is 1. The first kappa shape index (κ1) is 18.6. The first-order valence-corrected chi connectivity index (χ1v) is 9.94. The molecular formula is C22H21N3O5. The number of aromatic nitrogens is 2. The van der Waals surface area contributed by atoms with Crippen molar-refractivity contribution in [3.8, 4) is 5.88 Å². The molecule has 3 aliphatic rings. The maximum absolute atomic E-state index is 14.0. The molecule has 2 N–H and O–H groups in total. The number of Topliss-reactive ketones (excluding diaryl/α,β-unsaturated/α-hetero) is 1. The average Bonchev–Trinajstić information content (AvgIpc) is 2.88. The van der Waals surface area contributed by atoms with Gasteiger partial charge in [-0.3, -0.25) is 24.4 Å². The van der Waals surface area contributed by atoms with Crippen LogP contribution in [0.4, 0.5) is 5.69 Å². The molecule has 0 bridgehead atoms. The van der Waals surface area contributed by atoms with Crippen LogP contribution in [0.2, 0.25) is 0 Å². The second-order valence-electron chi connectivity index (χ2n) is 8.77. The van der Waals surface area contributed by atoms with Crippen molar-refractivity contribution in [3.05, 3.63) is 67.6 Å². The molecule has 0 saturated heterocycles. The van der Waals surface area contributed by atoms with Gasteiger partial charge in [-0.15, -0.1) is 0 Å². The minimum atomic E-state index is -1.64. The van der Waals surface area contributed by atoms with Crippen LogP contribution in [0.15, 0.2) is 45.2 Å². The standard InChI is InChI=1S/C22H21N3O5/c1-4-25-12-8-6-5-7-11(12)22(19(25)28)15-13(26)9-21(2,3)10-14(15)30-18-16(22)17(27)23-20(29)24-18/h5-8H,4,9-10H2,1-3H3,(H2,23,24,27,29). The number of fused-ring (bicyclic) bond motifs is 5. The number of benzene rings is 1. The molecule has 1 amide bonds. The van der Waals surface area contributed by atoms with Crippen LogP contribution in [0, 0.1) is 5.41 Å². The van der Waals surface area contributed by atoms with Gasteiger partial charge in [0.25, 0.3) is 5.56 Å². The Hall–Kier alpha value is -3.42. The molecule has 1 atom stereocenters. The third-order valence-electron chi connectivity index (χ3n) is 6.20. The Morgan fingerprint density at radius 2 is 1.80 bits per heavy atom. The van der Waals surface area contributed by atoms with E-state index in [1.807, 2.05) is 26.8 Å². The van der Waals surface area contributed by atoms with E-state index in [0.717, 1.165) is 0 Å². The number of anilines is 1. The summed E-state index contributed by atoms with van der Waals surface area (Å²) in [5, 5.41) is 0. The van der Waals surface area contributed by atoms with Crippen LogP contribution >= 0.6 is 0 Å². The summed E-state index contributed by atoms with van der Waals surface area (Å²) < 4.78 is 5.94. The molecule has 30 heavy (non-hydrogen) atoms. The molecule has 1 unspecified atom stereocenters. The number of ether oxygens (including phenoxy) is 1. The maximum Gasteiger partial charge on any atom is 0.328 e. The molecule has 1 spiro atoms. The average molecular weight is 407 g/mol. The molecule has 2 aromatic rings. The topological polar surface area (TPSA) is 112 Å². The van der Waals surface area contributed by atoms with Crippen molar-refractivity contribution in [2.75, 3.05) is 11.4 Å². The van der Waals surface area contributed by atoms with E-state index < -0.39 is 16.7 Å². The van der Waals surface area contributed by atoms with Crippen molar-refractivity contribution in [2.24, 2.45) is 5.41 Å². The molecule has 5 rings (SSSR count). The lowest BCUT2D eigenvalue weighted by molar-refractivity contribution is -0.125. The van der Waals surface area contributed by atoms with Gasteiger partial charge in [-0.1, -0.05) is 32.0 Å². The summed E-state index contributed by atoms with van der Waals surface area (Å²) in [5.74, 6) is -0.340. The normalized spacial score (nSPS) is 23.9. The number of nitrogens with one attached hydrogen (secondary N) is 2. The second-order valence-corrected chi connectivity index (χ2v) is 8.77. The van der Waals surface area contributed by atoms with E-state index in [0.29, 0.717) is 30.0 Å². The summed E-state index contributed by atoms with van der Waals surface area (Å²) in [5.41, 5.74) is -2.11. The minimum absolute atomic E-state index is 0.0395. The molecule has 1 aromatic heterocycles. The van der Waals surface area contributed by atoms with Gasteiger partial charge in [0.05, 0.1) is 5.57 Å². The Labute approximate surface area is 171 Å². The number of H-pyrrole nitrogens is 2. The highest BCUT2D eigenvalue weighted by atomic mass is 16.5. The molecule has 0 radical (unpaired) electrons. The van der Waals surface area contributed by atoms with E-state index in [2.05, 4.69) is 9.97 Å².